The lowest BCUT2D eigenvalue weighted by molar-refractivity contribution is 0.122. The van der Waals surface area contributed by atoms with E-state index < -0.39 is 0 Å². The number of nitrogens with zero attached hydrogens (tertiary/aromatic N) is 5. The summed E-state index contributed by atoms with van der Waals surface area (Å²) in [4.78, 5) is 29.9. The van der Waals surface area contributed by atoms with Crippen LogP contribution in [0.25, 0.3) is 11.0 Å². The Balaban J connectivity index is 1.32. The number of hydrogen-bond acceptors (Lipinski definition) is 8. The molecule has 0 amide bonds. The van der Waals surface area contributed by atoms with Crippen LogP contribution >= 0.6 is 0 Å². The van der Waals surface area contributed by atoms with Crippen molar-refractivity contribution in [3.63, 3.8) is 0 Å². The summed E-state index contributed by atoms with van der Waals surface area (Å²) in [5.74, 6) is 2.07. The SMILES string of the molecule is Cc1c(Nc2ccccc2)c(=O)n(CCC2CC2)c2nc(Nc3ccc(N4CCOCC4)nc3)ncc12. The summed E-state index contributed by atoms with van der Waals surface area (Å²) in [6, 6.07) is 13.7. The number of anilines is 5. The fourth-order valence-electron chi connectivity index (χ4n) is 4.74. The summed E-state index contributed by atoms with van der Waals surface area (Å²) in [6.45, 7) is 5.70. The second-order valence-electron chi connectivity index (χ2n) is 9.74. The van der Waals surface area contributed by atoms with Crippen molar-refractivity contribution in [3.05, 3.63) is 70.8 Å². The van der Waals surface area contributed by atoms with E-state index in [9.17, 15) is 4.79 Å². The van der Waals surface area contributed by atoms with Crippen LogP contribution in [0.5, 0.6) is 0 Å². The Morgan fingerprint density at radius 1 is 0.973 bits per heavy atom. The molecule has 3 aromatic heterocycles. The second kappa shape index (κ2) is 10.2. The molecule has 0 radical (unpaired) electrons. The topological polar surface area (TPSA) is 97.2 Å². The zero-order valence-corrected chi connectivity index (χ0v) is 21.0. The Hall–Kier alpha value is -3.98. The molecule has 190 valence electrons. The summed E-state index contributed by atoms with van der Waals surface area (Å²) in [6.07, 6.45) is 7.05. The third kappa shape index (κ3) is 5.13. The van der Waals surface area contributed by atoms with E-state index in [1.165, 1.54) is 12.8 Å². The molecule has 0 spiro atoms. The number of aromatic nitrogens is 4. The summed E-state index contributed by atoms with van der Waals surface area (Å²) >= 11 is 0. The van der Waals surface area contributed by atoms with Gasteiger partial charge in [-0.05, 0) is 49.1 Å². The second-order valence-corrected chi connectivity index (χ2v) is 9.74. The van der Waals surface area contributed by atoms with Crippen LogP contribution < -0.4 is 21.1 Å². The van der Waals surface area contributed by atoms with Gasteiger partial charge in [-0.25, -0.2) is 9.97 Å². The first-order chi connectivity index (χ1) is 18.2. The first kappa shape index (κ1) is 23.4. The highest BCUT2D eigenvalue weighted by Gasteiger charge is 2.23. The molecule has 0 atom stereocenters. The molecule has 1 aliphatic heterocycles. The average Bonchev–Trinajstić information content (AvgIpc) is 3.77. The van der Waals surface area contributed by atoms with E-state index in [4.69, 9.17) is 9.72 Å². The van der Waals surface area contributed by atoms with Crippen molar-refractivity contribution >= 4 is 39.9 Å². The smallest absolute Gasteiger partial charge is 0.276 e. The number of ether oxygens (including phenoxy) is 1. The van der Waals surface area contributed by atoms with Crippen LogP contribution in [0.3, 0.4) is 0 Å². The first-order valence-electron chi connectivity index (χ1n) is 12.9. The molecule has 2 fully saturated rings. The lowest BCUT2D eigenvalue weighted by Crippen LogP contribution is -2.36. The maximum Gasteiger partial charge on any atom is 0.276 e. The molecule has 1 saturated heterocycles. The Bertz CT molecular complexity index is 1440. The zero-order chi connectivity index (χ0) is 25.2. The normalized spacial score (nSPS) is 15.6. The highest BCUT2D eigenvalue weighted by molar-refractivity contribution is 5.85. The van der Waals surface area contributed by atoms with Crippen molar-refractivity contribution in [1.82, 2.24) is 19.5 Å². The van der Waals surface area contributed by atoms with Crippen molar-refractivity contribution in [1.29, 1.82) is 0 Å². The number of para-hydroxylation sites is 1. The Labute approximate surface area is 215 Å². The van der Waals surface area contributed by atoms with Crippen LogP contribution in [0.4, 0.5) is 28.8 Å². The van der Waals surface area contributed by atoms with Gasteiger partial charge in [-0.1, -0.05) is 31.0 Å². The van der Waals surface area contributed by atoms with E-state index in [0.29, 0.717) is 29.7 Å². The predicted molar refractivity (Wildman–Crippen MR) is 146 cm³/mol. The van der Waals surface area contributed by atoms with E-state index in [1.807, 2.05) is 49.4 Å². The van der Waals surface area contributed by atoms with E-state index in [2.05, 4.69) is 25.5 Å². The summed E-state index contributed by atoms with van der Waals surface area (Å²) in [5, 5.41) is 7.46. The molecule has 1 aromatic carbocycles. The van der Waals surface area contributed by atoms with Crippen LogP contribution in [0.1, 0.15) is 24.8 Å². The average molecular weight is 498 g/mol. The maximum absolute atomic E-state index is 13.7. The van der Waals surface area contributed by atoms with Gasteiger partial charge in [0.1, 0.15) is 17.2 Å². The van der Waals surface area contributed by atoms with Crippen molar-refractivity contribution < 1.29 is 4.74 Å². The predicted octanol–water partition coefficient (Wildman–Crippen LogP) is 4.62. The molecule has 2 aliphatic rings. The van der Waals surface area contributed by atoms with Crippen molar-refractivity contribution in [2.24, 2.45) is 5.92 Å². The van der Waals surface area contributed by atoms with Crippen LogP contribution in [-0.2, 0) is 11.3 Å². The molecule has 1 saturated carbocycles. The Morgan fingerprint density at radius 3 is 2.51 bits per heavy atom. The van der Waals surface area contributed by atoms with Gasteiger partial charge in [-0.2, -0.15) is 4.98 Å². The Morgan fingerprint density at radius 2 is 1.78 bits per heavy atom. The van der Waals surface area contributed by atoms with Gasteiger partial charge in [0.2, 0.25) is 5.95 Å². The van der Waals surface area contributed by atoms with Crippen LogP contribution in [0, 0.1) is 12.8 Å². The van der Waals surface area contributed by atoms with E-state index >= 15 is 0 Å². The fourth-order valence-corrected chi connectivity index (χ4v) is 4.74. The van der Waals surface area contributed by atoms with Gasteiger partial charge in [-0.15, -0.1) is 0 Å². The lowest BCUT2D eigenvalue weighted by atomic mass is 10.1. The molecular weight excluding hydrogens is 466 g/mol. The van der Waals surface area contributed by atoms with E-state index in [0.717, 1.165) is 60.9 Å². The molecule has 0 bridgehead atoms. The number of morpholine rings is 1. The van der Waals surface area contributed by atoms with Gasteiger partial charge in [0.15, 0.2) is 0 Å². The van der Waals surface area contributed by atoms with Crippen molar-refractivity contribution in [2.45, 2.75) is 32.7 Å². The summed E-state index contributed by atoms with van der Waals surface area (Å²) < 4.78 is 7.23. The van der Waals surface area contributed by atoms with Crippen LogP contribution in [0.15, 0.2) is 59.7 Å². The number of fused-ring (bicyclic) bond motifs is 1. The van der Waals surface area contributed by atoms with Crippen molar-refractivity contribution in [2.75, 3.05) is 41.8 Å². The molecule has 0 unspecified atom stereocenters. The molecule has 1 aliphatic carbocycles. The Kier molecular flexibility index (Phi) is 6.44. The van der Waals surface area contributed by atoms with Gasteiger partial charge in [-0.3, -0.25) is 9.36 Å². The summed E-state index contributed by atoms with van der Waals surface area (Å²) in [7, 11) is 0. The van der Waals surface area contributed by atoms with Gasteiger partial charge < -0.3 is 20.3 Å². The standard InChI is InChI=1S/C28H31N7O2/c1-19-23-18-30-28(32-22-9-10-24(29-17-22)34-13-15-37-16-14-34)33-26(23)35(12-11-20-7-8-20)27(36)25(19)31-21-5-3-2-4-6-21/h2-6,9-10,17-18,20,31H,7-8,11-16H2,1H3,(H,30,32,33). The van der Waals surface area contributed by atoms with E-state index in [1.54, 1.807) is 17.0 Å². The van der Waals surface area contributed by atoms with Crippen LogP contribution in [0.2, 0.25) is 0 Å². The van der Waals surface area contributed by atoms with Gasteiger partial charge in [0, 0.05) is 36.9 Å². The lowest BCUT2D eigenvalue weighted by Gasteiger charge is -2.27. The number of benzene rings is 1. The third-order valence-electron chi connectivity index (χ3n) is 7.10. The number of nitrogens with one attached hydrogen (secondary N) is 2. The van der Waals surface area contributed by atoms with Crippen LogP contribution in [-0.4, -0.2) is 45.8 Å². The molecule has 4 heterocycles. The monoisotopic (exact) mass is 497 g/mol. The highest BCUT2D eigenvalue weighted by atomic mass is 16.5. The molecular formula is C28H31N7O2. The minimum Gasteiger partial charge on any atom is -0.378 e. The molecule has 4 aromatic rings. The van der Waals surface area contributed by atoms with E-state index in [-0.39, 0.29) is 5.56 Å². The van der Waals surface area contributed by atoms with Gasteiger partial charge in [0.05, 0.1) is 25.1 Å². The first-order valence-corrected chi connectivity index (χ1v) is 12.9. The zero-order valence-electron chi connectivity index (χ0n) is 21.0. The number of rotatable bonds is 8. The molecule has 6 rings (SSSR count). The molecule has 37 heavy (non-hydrogen) atoms. The van der Waals surface area contributed by atoms with Gasteiger partial charge >= 0.3 is 0 Å². The minimum absolute atomic E-state index is 0.0596. The maximum atomic E-state index is 13.7. The highest BCUT2D eigenvalue weighted by Crippen LogP contribution is 2.33. The van der Waals surface area contributed by atoms with Gasteiger partial charge in [0.25, 0.3) is 5.56 Å². The third-order valence-corrected chi connectivity index (χ3v) is 7.10. The molecule has 9 heteroatoms. The summed E-state index contributed by atoms with van der Waals surface area (Å²) in [5.41, 5.74) is 3.68. The number of pyridine rings is 2. The minimum atomic E-state index is -0.0596. The van der Waals surface area contributed by atoms with Crippen molar-refractivity contribution in [3.8, 4) is 0 Å². The number of aryl methyl sites for hydroxylation is 2. The molecule has 9 nitrogen and oxygen atoms in total. The fraction of sp³-hybridized carbons (Fsp3) is 0.357. The molecule has 2 N–H and O–H groups in total. The quantitative estimate of drug-likeness (QED) is 0.364. The largest absolute Gasteiger partial charge is 0.378 e. The number of hydrogen-bond donors (Lipinski definition) is 2.